The fourth-order valence-electron chi connectivity index (χ4n) is 2.38. The van der Waals surface area contributed by atoms with Gasteiger partial charge in [0.25, 0.3) is 0 Å². The van der Waals surface area contributed by atoms with Gasteiger partial charge in [-0.3, -0.25) is 4.79 Å². The van der Waals surface area contributed by atoms with Gasteiger partial charge in [0.2, 0.25) is 5.91 Å². The Morgan fingerprint density at radius 1 is 1.40 bits per heavy atom. The highest BCUT2D eigenvalue weighted by Gasteiger charge is 2.25. The zero-order valence-electron chi connectivity index (χ0n) is 11.9. The molecule has 5 heteroatoms. The van der Waals surface area contributed by atoms with Crippen LogP contribution in [0.4, 0.5) is 0 Å². The summed E-state index contributed by atoms with van der Waals surface area (Å²) in [6.45, 7) is 3.51. The third-order valence-corrected chi connectivity index (χ3v) is 3.43. The van der Waals surface area contributed by atoms with E-state index in [9.17, 15) is 4.79 Å². The molecule has 1 aromatic rings. The molecule has 1 unspecified atom stereocenters. The molecule has 20 heavy (non-hydrogen) atoms. The monoisotopic (exact) mass is 298 g/mol. The number of rotatable bonds is 6. The molecule has 1 fully saturated rings. The number of hydrogen-bond donors (Lipinski definition) is 1. The van der Waals surface area contributed by atoms with E-state index in [0.717, 1.165) is 26.1 Å². The molecule has 1 N–H and O–H groups in total. The Hall–Kier alpha value is -1.10. The Morgan fingerprint density at radius 2 is 2.15 bits per heavy atom. The first-order valence-electron chi connectivity index (χ1n) is 6.83. The molecule has 0 aromatic heterocycles. The van der Waals surface area contributed by atoms with Crippen molar-refractivity contribution >= 4 is 18.3 Å². The smallest absolute Gasteiger partial charge is 0.236 e. The highest BCUT2D eigenvalue weighted by molar-refractivity contribution is 5.85. The predicted octanol–water partition coefficient (Wildman–Crippen LogP) is 1.69. The molecule has 1 aliphatic heterocycles. The maximum atomic E-state index is 11.7. The summed E-state index contributed by atoms with van der Waals surface area (Å²) in [6.07, 6.45) is 1.05. The predicted molar refractivity (Wildman–Crippen MR) is 82.0 cm³/mol. The molecule has 112 valence electrons. The van der Waals surface area contributed by atoms with Crippen LogP contribution in [0.5, 0.6) is 0 Å². The number of ether oxygens (including phenoxy) is 1. The summed E-state index contributed by atoms with van der Waals surface area (Å²) in [5.41, 5.74) is 1.20. The summed E-state index contributed by atoms with van der Waals surface area (Å²) in [7, 11) is 1.80. The van der Waals surface area contributed by atoms with E-state index >= 15 is 0 Å². The van der Waals surface area contributed by atoms with Gasteiger partial charge >= 0.3 is 0 Å². The Bertz CT molecular complexity index is 400. The summed E-state index contributed by atoms with van der Waals surface area (Å²) in [6, 6.07) is 10.2. The lowest BCUT2D eigenvalue weighted by atomic mass is 10.1. The summed E-state index contributed by atoms with van der Waals surface area (Å²) in [5.74, 6) is 0.664. The summed E-state index contributed by atoms with van der Waals surface area (Å²) >= 11 is 0. The third kappa shape index (κ3) is 5.12. The second kappa shape index (κ2) is 8.95. The molecule has 0 saturated carbocycles. The molecular formula is C15H23ClN2O2. The van der Waals surface area contributed by atoms with Gasteiger partial charge in [-0.25, -0.2) is 0 Å². The van der Waals surface area contributed by atoms with Crippen LogP contribution in [0.25, 0.3) is 0 Å². The molecule has 1 heterocycles. The lowest BCUT2D eigenvalue weighted by Crippen LogP contribution is -2.35. The largest absolute Gasteiger partial charge is 0.376 e. The maximum Gasteiger partial charge on any atom is 0.236 e. The van der Waals surface area contributed by atoms with E-state index in [1.165, 1.54) is 5.56 Å². The first-order chi connectivity index (χ1) is 9.29. The van der Waals surface area contributed by atoms with Crippen molar-refractivity contribution in [2.45, 2.75) is 13.0 Å². The number of carbonyl (C=O) groups excluding carboxylic acids is 1. The summed E-state index contributed by atoms with van der Waals surface area (Å²) in [4.78, 5) is 13.6. The second-order valence-electron chi connectivity index (χ2n) is 5.03. The van der Waals surface area contributed by atoms with Crippen molar-refractivity contribution in [2.24, 2.45) is 5.92 Å². The SMILES string of the molecule is CNCC(=O)N1CCC(COCc2ccccc2)C1.Cl. The highest BCUT2D eigenvalue weighted by Crippen LogP contribution is 2.17. The van der Waals surface area contributed by atoms with Crippen LogP contribution in [0.2, 0.25) is 0 Å². The normalized spacial score (nSPS) is 17.9. The van der Waals surface area contributed by atoms with E-state index in [1.54, 1.807) is 7.05 Å². The van der Waals surface area contributed by atoms with Crippen LogP contribution in [0.1, 0.15) is 12.0 Å². The number of amides is 1. The van der Waals surface area contributed by atoms with Crippen LogP contribution in [-0.4, -0.2) is 44.1 Å². The molecule has 1 atom stereocenters. The van der Waals surface area contributed by atoms with E-state index in [1.807, 2.05) is 23.1 Å². The molecule has 0 aliphatic carbocycles. The molecule has 1 aromatic carbocycles. The first-order valence-corrected chi connectivity index (χ1v) is 6.83. The van der Waals surface area contributed by atoms with Gasteiger partial charge in [-0.1, -0.05) is 30.3 Å². The topological polar surface area (TPSA) is 41.6 Å². The van der Waals surface area contributed by atoms with Crippen molar-refractivity contribution in [3.8, 4) is 0 Å². The van der Waals surface area contributed by atoms with Gasteiger partial charge in [0.15, 0.2) is 0 Å². The van der Waals surface area contributed by atoms with Crippen LogP contribution in [-0.2, 0) is 16.1 Å². The zero-order chi connectivity index (χ0) is 13.5. The molecule has 0 spiro atoms. The van der Waals surface area contributed by atoms with E-state index in [-0.39, 0.29) is 18.3 Å². The van der Waals surface area contributed by atoms with Gasteiger partial charge in [0.05, 0.1) is 19.8 Å². The Morgan fingerprint density at radius 3 is 2.85 bits per heavy atom. The number of likely N-dealkylation sites (tertiary alicyclic amines) is 1. The quantitative estimate of drug-likeness (QED) is 0.869. The van der Waals surface area contributed by atoms with E-state index in [2.05, 4.69) is 17.4 Å². The molecule has 1 saturated heterocycles. The molecule has 0 bridgehead atoms. The number of benzene rings is 1. The minimum Gasteiger partial charge on any atom is -0.376 e. The van der Waals surface area contributed by atoms with Gasteiger partial charge in [-0.15, -0.1) is 12.4 Å². The van der Waals surface area contributed by atoms with Gasteiger partial charge in [-0.05, 0) is 19.0 Å². The number of likely N-dealkylation sites (N-methyl/N-ethyl adjacent to an activating group) is 1. The lowest BCUT2D eigenvalue weighted by Gasteiger charge is -2.16. The van der Waals surface area contributed by atoms with Crippen LogP contribution < -0.4 is 5.32 Å². The van der Waals surface area contributed by atoms with Crippen molar-refractivity contribution in [3.05, 3.63) is 35.9 Å². The zero-order valence-corrected chi connectivity index (χ0v) is 12.7. The fourth-order valence-corrected chi connectivity index (χ4v) is 2.38. The van der Waals surface area contributed by atoms with Gasteiger partial charge in [-0.2, -0.15) is 0 Å². The third-order valence-electron chi connectivity index (χ3n) is 3.43. The number of halogens is 1. The minimum atomic E-state index is 0. The minimum absolute atomic E-state index is 0. The van der Waals surface area contributed by atoms with Crippen LogP contribution in [0.15, 0.2) is 30.3 Å². The van der Waals surface area contributed by atoms with Crippen LogP contribution in [0.3, 0.4) is 0 Å². The van der Waals surface area contributed by atoms with Gasteiger partial charge in [0.1, 0.15) is 0 Å². The van der Waals surface area contributed by atoms with Gasteiger partial charge < -0.3 is 15.0 Å². The van der Waals surface area contributed by atoms with Crippen LogP contribution >= 0.6 is 12.4 Å². The highest BCUT2D eigenvalue weighted by atomic mass is 35.5. The average molecular weight is 299 g/mol. The number of nitrogens with zero attached hydrogens (tertiary/aromatic N) is 1. The van der Waals surface area contributed by atoms with Crippen molar-refractivity contribution < 1.29 is 9.53 Å². The molecule has 4 nitrogen and oxygen atoms in total. The number of hydrogen-bond acceptors (Lipinski definition) is 3. The van der Waals surface area contributed by atoms with E-state index < -0.39 is 0 Å². The first kappa shape index (κ1) is 17.0. The molecule has 0 radical (unpaired) electrons. The number of carbonyl (C=O) groups is 1. The van der Waals surface area contributed by atoms with Crippen LogP contribution in [0, 0.1) is 5.92 Å². The second-order valence-corrected chi connectivity index (χ2v) is 5.03. The van der Waals surface area contributed by atoms with Crippen molar-refractivity contribution in [1.29, 1.82) is 0 Å². The van der Waals surface area contributed by atoms with Crippen molar-refractivity contribution in [3.63, 3.8) is 0 Å². The molecule has 2 rings (SSSR count). The molecule has 1 amide bonds. The maximum absolute atomic E-state index is 11.7. The summed E-state index contributed by atoms with van der Waals surface area (Å²) in [5, 5.41) is 2.90. The Kier molecular flexibility index (Phi) is 7.59. The fraction of sp³-hybridized carbons (Fsp3) is 0.533. The number of nitrogens with one attached hydrogen (secondary N) is 1. The van der Waals surface area contributed by atoms with Crippen molar-refractivity contribution in [2.75, 3.05) is 33.3 Å². The van der Waals surface area contributed by atoms with Gasteiger partial charge in [0, 0.05) is 19.0 Å². The standard InChI is InChI=1S/C15H22N2O2.ClH/c1-16-9-15(18)17-8-7-14(10-17)12-19-11-13-5-3-2-4-6-13;/h2-6,14,16H,7-12H2,1H3;1H. The van der Waals surface area contributed by atoms with Crippen molar-refractivity contribution in [1.82, 2.24) is 10.2 Å². The average Bonchev–Trinajstić information content (AvgIpc) is 2.89. The summed E-state index contributed by atoms with van der Waals surface area (Å²) < 4.78 is 5.74. The lowest BCUT2D eigenvalue weighted by molar-refractivity contribution is -0.129. The molecular weight excluding hydrogens is 276 g/mol. The molecule has 1 aliphatic rings. The van der Waals surface area contributed by atoms with E-state index in [4.69, 9.17) is 4.74 Å². The Balaban J connectivity index is 0.00000200. The van der Waals surface area contributed by atoms with E-state index in [0.29, 0.717) is 19.1 Å². The Labute approximate surface area is 126 Å².